The molecule has 1 rings (SSSR count). The topological polar surface area (TPSA) is 144 Å². The molecule has 0 saturated carbocycles. The first-order chi connectivity index (χ1) is 7.41. The molecule has 2 amide bonds. The molecule has 0 spiro atoms. The van der Waals surface area contributed by atoms with Gasteiger partial charge < -0.3 is 0 Å². The highest BCUT2D eigenvalue weighted by atomic mass is 32.2. The molecule has 1 fully saturated rings. The second kappa shape index (κ2) is 4.76. The molecule has 0 aromatic carbocycles. The number of hydrogen-bond acceptors (Lipinski definition) is 6. The Hall–Kier alpha value is -1.19. The Morgan fingerprint density at radius 1 is 1.19 bits per heavy atom. The molecule has 16 heavy (non-hydrogen) atoms. The maximum absolute atomic E-state index is 11.4. The van der Waals surface area contributed by atoms with Crippen LogP contribution in [-0.2, 0) is 19.4 Å². The van der Waals surface area contributed by atoms with Crippen molar-refractivity contribution in [1.82, 2.24) is 10.9 Å². The normalized spacial score (nSPS) is 23.1. The molecule has 0 unspecified atom stereocenters. The van der Waals surface area contributed by atoms with Gasteiger partial charge in [0.2, 0.25) is 11.8 Å². The van der Waals surface area contributed by atoms with Crippen LogP contribution in [0.1, 0.15) is 6.42 Å². The van der Waals surface area contributed by atoms with Crippen LogP contribution in [-0.4, -0.2) is 31.7 Å². The predicted octanol–water partition coefficient (Wildman–Crippen LogP) is -2.98. The van der Waals surface area contributed by atoms with Crippen molar-refractivity contribution in [2.75, 3.05) is 11.5 Å². The predicted molar refractivity (Wildman–Crippen MR) is 54.9 cm³/mol. The number of hydrazine groups is 2. The number of rotatable bonds is 3. The zero-order valence-electron chi connectivity index (χ0n) is 8.47. The Morgan fingerprint density at radius 2 is 1.69 bits per heavy atom. The van der Waals surface area contributed by atoms with Gasteiger partial charge in [-0.15, -0.1) is 0 Å². The SMILES string of the molecule is NNC(=O)C(C(=O)NN)[C@H]1CCS(=O)(=O)C1. The summed E-state index contributed by atoms with van der Waals surface area (Å²) in [7, 11) is -3.17. The number of nitrogens with one attached hydrogen (secondary N) is 2. The molecule has 8 nitrogen and oxygen atoms in total. The highest BCUT2D eigenvalue weighted by molar-refractivity contribution is 7.91. The van der Waals surface area contributed by atoms with Gasteiger partial charge in [0.25, 0.3) is 0 Å². The van der Waals surface area contributed by atoms with Crippen molar-refractivity contribution in [2.24, 2.45) is 23.5 Å². The van der Waals surface area contributed by atoms with Crippen LogP contribution in [0.4, 0.5) is 0 Å². The number of amides is 2. The molecule has 9 heteroatoms. The van der Waals surface area contributed by atoms with Crippen molar-refractivity contribution in [1.29, 1.82) is 0 Å². The lowest BCUT2D eigenvalue weighted by Crippen LogP contribution is -2.49. The summed E-state index contributed by atoms with van der Waals surface area (Å²) in [6.07, 6.45) is 0.258. The van der Waals surface area contributed by atoms with Crippen LogP contribution >= 0.6 is 0 Å². The lowest BCUT2D eigenvalue weighted by molar-refractivity contribution is -0.137. The highest BCUT2D eigenvalue weighted by Crippen LogP contribution is 2.26. The number of carbonyl (C=O) groups excluding carboxylic acids is 2. The first kappa shape index (κ1) is 12.9. The third-order valence-electron chi connectivity index (χ3n) is 2.59. The Balaban J connectivity index is 2.87. The van der Waals surface area contributed by atoms with E-state index in [-0.39, 0.29) is 17.9 Å². The third kappa shape index (κ3) is 2.68. The monoisotopic (exact) mass is 250 g/mol. The fraction of sp³-hybridized carbons (Fsp3) is 0.714. The molecule has 1 aliphatic heterocycles. The minimum atomic E-state index is -3.17. The van der Waals surface area contributed by atoms with Crippen LogP contribution in [0.3, 0.4) is 0 Å². The van der Waals surface area contributed by atoms with Gasteiger partial charge in [0.05, 0.1) is 11.5 Å². The van der Waals surface area contributed by atoms with Crippen LogP contribution in [0, 0.1) is 11.8 Å². The highest BCUT2D eigenvalue weighted by Gasteiger charge is 2.40. The number of nitrogens with two attached hydrogens (primary N) is 2. The minimum absolute atomic E-state index is 0.0239. The first-order valence-corrected chi connectivity index (χ1v) is 6.44. The number of carbonyl (C=O) groups is 2. The molecule has 92 valence electrons. The summed E-state index contributed by atoms with van der Waals surface area (Å²) in [5.41, 5.74) is 3.67. The zero-order valence-corrected chi connectivity index (χ0v) is 9.29. The van der Waals surface area contributed by atoms with E-state index in [0.29, 0.717) is 0 Å². The van der Waals surface area contributed by atoms with E-state index in [1.54, 1.807) is 0 Å². The molecule has 6 N–H and O–H groups in total. The molecular weight excluding hydrogens is 236 g/mol. The van der Waals surface area contributed by atoms with E-state index in [2.05, 4.69) is 0 Å². The van der Waals surface area contributed by atoms with E-state index in [4.69, 9.17) is 11.7 Å². The second-order valence-electron chi connectivity index (χ2n) is 3.66. The summed E-state index contributed by atoms with van der Waals surface area (Å²) in [4.78, 5) is 22.7. The van der Waals surface area contributed by atoms with E-state index in [9.17, 15) is 18.0 Å². The van der Waals surface area contributed by atoms with Crippen molar-refractivity contribution < 1.29 is 18.0 Å². The Morgan fingerprint density at radius 3 is 2.00 bits per heavy atom. The van der Waals surface area contributed by atoms with Crippen LogP contribution in [0.25, 0.3) is 0 Å². The van der Waals surface area contributed by atoms with Crippen molar-refractivity contribution in [3.63, 3.8) is 0 Å². The Labute approximate surface area is 92.6 Å². The Kier molecular flexibility index (Phi) is 3.83. The van der Waals surface area contributed by atoms with Crippen LogP contribution in [0.5, 0.6) is 0 Å². The van der Waals surface area contributed by atoms with Crippen LogP contribution in [0.15, 0.2) is 0 Å². The molecule has 0 aromatic heterocycles. The molecule has 1 heterocycles. The fourth-order valence-corrected chi connectivity index (χ4v) is 3.65. The summed E-state index contributed by atoms with van der Waals surface area (Å²) in [6.45, 7) is 0. The summed E-state index contributed by atoms with van der Waals surface area (Å²) in [5, 5.41) is 0. The van der Waals surface area contributed by atoms with Gasteiger partial charge in [0, 0.05) is 0 Å². The van der Waals surface area contributed by atoms with E-state index in [1.807, 2.05) is 10.9 Å². The number of sulfone groups is 1. The van der Waals surface area contributed by atoms with Crippen molar-refractivity contribution >= 4 is 21.7 Å². The molecular formula is C7H14N4O4S. The Bertz CT molecular complexity index is 377. The third-order valence-corrected chi connectivity index (χ3v) is 4.38. The summed E-state index contributed by atoms with van der Waals surface area (Å²) >= 11 is 0. The van der Waals surface area contributed by atoms with E-state index < -0.39 is 33.5 Å². The molecule has 0 aromatic rings. The second-order valence-corrected chi connectivity index (χ2v) is 5.89. The zero-order chi connectivity index (χ0) is 12.3. The quantitative estimate of drug-likeness (QED) is 0.182. The number of hydrogen-bond donors (Lipinski definition) is 4. The van der Waals surface area contributed by atoms with E-state index >= 15 is 0 Å². The molecule has 1 saturated heterocycles. The molecule has 0 aliphatic carbocycles. The largest absolute Gasteiger partial charge is 0.294 e. The van der Waals surface area contributed by atoms with Gasteiger partial charge in [0.15, 0.2) is 9.84 Å². The molecule has 1 atom stereocenters. The van der Waals surface area contributed by atoms with Crippen LogP contribution < -0.4 is 22.5 Å². The first-order valence-electron chi connectivity index (χ1n) is 4.62. The lowest BCUT2D eigenvalue weighted by atomic mass is 9.90. The summed E-state index contributed by atoms with van der Waals surface area (Å²) in [6, 6.07) is 0. The standard InChI is InChI=1S/C7H14N4O4S/c8-10-6(12)5(7(13)11-9)4-1-2-16(14,15)3-4/h4-5H,1-3,8-9H2,(H,10,12)(H,11,13)/t4-/m0/s1. The lowest BCUT2D eigenvalue weighted by Gasteiger charge is -2.18. The van der Waals surface area contributed by atoms with Gasteiger partial charge in [-0.1, -0.05) is 0 Å². The minimum Gasteiger partial charge on any atom is -0.294 e. The molecule has 0 radical (unpaired) electrons. The average Bonchev–Trinajstić information content (AvgIpc) is 2.58. The van der Waals surface area contributed by atoms with Crippen LogP contribution in [0.2, 0.25) is 0 Å². The maximum Gasteiger partial charge on any atom is 0.246 e. The maximum atomic E-state index is 11.4. The van der Waals surface area contributed by atoms with E-state index in [1.165, 1.54) is 0 Å². The van der Waals surface area contributed by atoms with Crippen molar-refractivity contribution in [3.8, 4) is 0 Å². The van der Waals surface area contributed by atoms with Gasteiger partial charge in [0.1, 0.15) is 5.92 Å². The van der Waals surface area contributed by atoms with Gasteiger partial charge in [-0.2, -0.15) is 0 Å². The van der Waals surface area contributed by atoms with Gasteiger partial charge in [-0.25, -0.2) is 20.1 Å². The smallest absolute Gasteiger partial charge is 0.246 e. The average molecular weight is 250 g/mol. The molecule has 0 bridgehead atoms. The van der Waals surface area contributed by atoms with Crippen molar-refractivity contribution in [2.45, 2.75) is 6.42 Å². The fourth-order valence-electron chi connectivity index (χ4n) is 1.81. The summed E-state index contributed by atoms with van der Waals surface area (Å²) < 4.78 is 22.5. The molecule has 1 aliphatic rings. The van der Waals surface area contributed by atoms with E-state index in [0.717, 1.165) is 0 Å². The van der Waals surface area contributed by atoms with Gasteiger partial charge in [-0.05, 0) is 12.3 Å². The van der Waals surface area contributed by atoms with Gasteiger partial charge in [-0.3, -0.25) is 20.4 Å². The van der Waals surface area contributed by atoms with Gasteiger partial charge >= 0.3 is 0 Å². The van der Waals surface area contributed by atoms with Crippen molar-refractivity contribution in [3.05, 3.63) is 0 Å². The summed E-state index contributed by atoms with van der Waals surface area (Å²) in [5.74, 6) is 6.45.